The molecule has 0 bridgehead atoms. The zero-order valence-corrected chi connectivity index (χ0v) is 23.3. The average molecular weight is 513 g/mol. The summed E-state index contributed by atoms with van der Waals surface area (Å²) in [5.74, 6) is 1.67. The number of ether oxygens (including phenoxy) is 1. The molecule has 200 valence electrons. The van der Waals surface area contributed by atoms with Crippen molar-refractivity contribution < 1.29 is 4.74 Å². The van der Waals surface area contributed by atoms with E-state index in [9.17, 15) is 4.79 Å². The molecule has 2 N–H and O–H groups in total. The summed E-state index contributed by atoms with van der Waals surface area (Å²) in [6.45, 7) is 10.2. The zero-order chi connectivity index (χ0) is 27.3. The molecule has 0 saturated heterocycles. The summed E-state index contributed by atoms with van der Waals surface area (Å²) in [6, 6.07) is 23.3. The van der Waals surface area contributed by atoms with Crippen LogP contribution in [0.5, 0.6) is 5.75 Å². The summed E-state index contributed by atoms with van der Waals surface area (Å²) in [7, 11) is 1.67. The lowest BCUT2D eigenvalue weighted by Gasteiger charge is -2.19. The molecule has 6 heteroatoms. The van der Waals surface area contributed by atoms with Crippen LogP contribution in [-0.4, -0.2) is 21.5 Å². The fourth-order valence-electron chi connectivity index (χ4n) is 4.81. The number of aryl methyl sites for hydroxylation is 2. The molecule has 1 heterocycles. The highest BCUT2D eigenvalue weighted by molar-refractivity contribution is 5.66. The SMILES string of the molecule is CCn1c(CCCc2ccc(-c3ccc(OC)c(CN)c3)cc2)nn(Cc2ccc(C(C)(C)C)cc2)c1=O. The molecule has 0 atom stereocenters. The maximum absolute atomic E-state index is 13.0. The van der Waals surface area contributed by atoms with Gasteiger partial charge in [-0.25, -0.2) is 9.48 Å². The number of nitrogens with zero attached hydrogens (tertiary/aromatic N) is 3. The standard InChI is InChI=1S/C32H40N4O2/c1-6-35-30(34-36(31(35)37)22-24-12-17-28(18-13-24)32(2,3)4)9-7-8-23-10-14-25(15-11-23)26-16-19-29(38-5)27(20-26)21-33/h10-20H,6-9,21-22,33H2,1-5H3. The molecule has 0 aliphatic heterocycles. The number of aromatic nitrogens is 3. The molecule has 1 aromatic heterocycles. The molecule has 3 aromatic carbocycles. The number of hydrogen-bond donors (Lipinski definition) is 1. The fraction of sp³-hybridized carbons (Fsp3) is 0.375. The summed E-state index contributed by atoms with van der Waals surface area (Å²) in [5.41, 5.74) is 12.9. The van der Waals surface area contributed by atoms with E-state index in [0.717, 1.165) is 53.1 Å². The van der Waals surface area contributed by atoms with Crippen molar-refractivity contribution >= 4 is 0 Å². The minimum absolute atomic E-state index is 0.0388. The molecule has 0 aliphatic carbocycles. The average Bonchev–Trinajstić information content (AvgIpc) is 3.22. The van der Waals surface area contributed by atoms with Gasteiger partial charge in [0.1, 0.15) is 11.6 Å². The number of benzene rings is 3. The minimum atomic E-state index is -0.0388. The van der Waals surface area contributed by atoms with E-state index in [1.807, 2.05) is 13.0 Å². The van der Waals surface area contributed by atoms with E-state index in [2.05, 4.69) is 81.4 Å². The fourth-order valence-corrected chi connectivity index (χ4v) is 4.81. The second kappa shape index (κ2) is 11.8. The number of rotatable bonds is 10. The Bertz CT molecular complexity index is 1410. The van der Waals surface area contributed by atoms with Crippen molar-refractivity contribution in [2.45, 2.75) is 72.0 Å². The molecule has 0 fully saturated rings. The van der Waals surface area contributed by atoms with Gasteiger partial charge in [-0.15, -0.1) is 0 Å². The van der Waals surface area contributed by atoms with Crippen molar-refractivity contribution in [1.29, 1.82) is 0 Å². The predicted molar refractivity (Wildman–Crippen MR) is 155 cm³/mol. The highest BCUT2D eigenvalue weighted by Gasteiger charge is 2.15. The van der Waals surface area contributed by atoms with Gasteiger partial charge in [0.25, 0.3) is 0 Å². The van der Waals surface area contributed by atoms with Crippen molar-refractivity contribution in [1.82, 2.24) is 14.3 Å². The summed E-state index contributed by atoms with van der Waals surface area (Å²) in [4.78, 5) is 13.0. The smallest absolute Gasteiger partial charge is 0.346 e. The Morgan fingerprint density at radius 2 is 1.55 bits per heavy atom. The largest absolute Gasteiger partial charge is 0.496 e. The van der Waals surface area contributed by atoms with E-state index >= 15 is 0 Å². The van der Waals surface area contributed by atoms with E-state index in [0.29, 0.717) is 19.6 Å². The van der Waals surface area contributed by atoms with Gasteiger partial charge in [-0.3, -0.25) is 4.57 Å². The van der Waals surface area contributed by atoms with Gasteiger partial charge in [0.2, 0.25) is 0 Å². The molecule has 0 amide bonds. The van der Waals surface area contributed by atoms with Gasteiger partial charge >= 0.3 is 5.69 Å². The first-order valence-electron chi connectivity index (χ1n) is 13.5. The van der Waals surface area contributed by atoms with Gasteiger partial charge in [-0.1, -0.05) is 75.4 Å². The molecule has 0 saturated carbocycles. The highest BCUT2D eigenvalue weighted by atomic mass is 16.5. The molecule has 0 radical (unpaired) electrons. The Balaban J connectivity index is 1.39. The number of nitrogens with two attached hydrogens (primary N) is 1. The quantitative estimate of drug-likeness (QED) is 0.295. The molecule has 38 heavy (non-hydrogen) atoms. The van der Waals surface area contributed by atoms with Crippen molar-refractivity contribution in [2.75, 3.05) is 7.11 Å². The lowest BCUT2D eigenvalue weighted by Crippen LogP contribution is -2.25. The Morgan fingerprint density at radius 3 is 2.16 bits per heavy atom. The van der Waals surface area contributed by atoms with Crippen LogP contribution in [0, 0.1) is 0 Å². The van der Waals surface area contributed by atoms with E-state index in [-0.39, 0.29) is 11.1 Å². The van der Waals surface area contributed by atoms with Gasteiger partial charge in [-0.2, -0.15) is 5.10 Å². The van der Waals surface area contributed by atoms with Gasteiger partial charge in [0.15, 0.2) is 0 Å². The third kappa shape index (κ3) is 6.25. The second-order valence-electron chi connectivity index (χ2n) is 10.8. The van der Waals surface area contributed by atoms with E-state index < -0.39 is 0 Å². The van der Waals surface area contributed by atoms with Crippen molar-refractivity contribution in [3.8, 4) is 16.9 Å². The number of methoxy groups -OCH3 is 1. The molecule has 6 nitrogen and oxygen atoms in total. The monoisotopic (exact) mass is 512 g/mol. The molecule has 0 aliphatic rings. The predicted octanol–water partition coefficient (Wildman–Crippen LogP) is 5.72. The van der Waals surface area contributed by atoms with Crippen LogP contribution in [0.1, 0.15) is 62.2 Å². The lowest BCUT2D eigenvalue weighted by atomic mass is 9.87. The summed E-state index contributed by atoms with van der Waals surface area (Å²) in [6.07, 6.45) is 2.62. The third-order valence-corrected chi connectivity index (χ3v) is 7.12. The van der Waals surface area contributed by atoms with Crippen LogP contribution >= 0.6 is 0 Å². The molecular weight excluding hydrogens is 472 g/mol. The van der Waals surface area contributed by atoms with Crippen molar-refractivity contribution in [3.05, 3.63) is 105 Å². The Labute approximate surface area is 226 Å². The number of hydrogen-bond acceptors (Lipinski definition) is 4. The molecule has 4 rings (SSSR count). The zero-order valence-electron chi connectivity index (χ0n) is 23.3. The highest BCUT2D eigenvalue weighted by Crippen LogP contribution is 2.27. The first-order chi connectivity index (χ1) is 18.2. The van der Waals surface area contributed by atoms with Crippen LogP contribution in [0.25, 0.3) is 11.1 Å². The normalized spacial score (nSPS) is 11.6. The Hall–Kier alpha value is -3.64. The van der Waals surface area contributed by atoms with Crippen molar-refractivity contribution in [2.24, 2.45) is 5.73 Å². The molecule has 0 spiro atoms. The van der Waals surface area contributed by atoms with Crippen LogP contribution in [0.15, 0.2) is 71.5 Å². The lowest BCUT2D eigenvalue weighted by molar-refractivity contribution is 0.410. The first kappa shape index (κ1) is 27.4. The first-order valence-corrected chi connectivity index (χ1v) is 13.5. The van der Waals surface area contributed by atoms with Crippen LogP contribution in [0.4, 0.5) is 0 Å². The summed E-state index contributed by atoms with van der Waals surface area (Å²) in [5, 5.41) is 4.71. The van der Waals surface area contributed by atoms with Crippen LogP contribution < -0.4 is 16.2 Å². The maximum Gasteiger partial charge on any atom is 0.346 e. The molecule has 0 unspecified atom stereocenters. The van der Waals surface area contributed by atoms with Crippen LogP contribution in [-0.2, 0) is 37.9 Å². The van der Waals surface area contributed by atoms with Crippen molar-refractivity contribution in [3.63, 3.8) is 0 Å². The van der Waals surface area contributed by atoms with Gasteiger partial charge in [0.05, 0.1) is 13.7 Å². The van der Waals surface area contributed by atoms with E-state index in [4.69, 9.17) is 15.6 Å². The van der Waals surface area contributed by atoms with Gasteiger partial charge in [0, 0.05) is 25.1 Å². The van der Waals surface area contributed by atoms with E-state index in [1.54, 1.807) is 16.4 Å². The van der Waals surface area contributed by atoms with Gasteiger partial charge in [-0.05, 0) is 65.1 Å². The summed E-state index contributed by atoms with van der Waals surface area (Å²) >= 11 is 0. The van der Waals surface area contributed by atoms with Gasteiger partial charge < -0.3 is 10.5 Å². The molecular formula is C32H40N4O2. The second-order valence-corrected chi connectivity index (χ2v) is 10.8. The van der Waals surface area contributed by atoms with E-state index in [1.165, 1.54) is 11.1 Å². The third-order valence-electron chi connectivity index (χ3n) is 7.12. The van der Waals surface area contributed by atoms with Crippen LogP contribution in [0.2, 0.25) is 0 Å². The maximum atomic E-state index is 13.0. The topological polar surface area (TPSA) is 75.1 Å². The van der Waals surface area contributed by atoms with Crippen LogP contribution in [0.3, 0.4) is 0 Å². The molecule has 4 aromatic rings. The summed E-state index contributed by atoms with van der Waals surface area (Å²) < 4.78 is 8.79. The minimum Gasteiger partial charge on any atom is -0.496 e. The Morgan fingerprint density at radius 1 is 0.895 bits per heavy atom. The Kier molecular flexibility index (Phi) is 8.52.